The molecule has 94 valence electrons. The minimum absolute atomic E-state index is 0.0560. The summed E-state index contributed by atoms with van der Waals surface area (Å²) in [5, 5.41) is 9.14. The van der Waals surface area contributed by atoms with Gasteiger partial charge in [0.15, 0.2) is 5.60 Å². The van der Waals surface area contributed by atoms with Gasteiger partial charge in [0.05, 0.1) is 13.0 Å². The molecule has 0 aromatic heterocycles. The number of halogens is 3. The lowest BCUT2D eigenvalue weighted by Crippen LogP contribution is -2.45. The zero-order valence-electron chi connectivity index (χ0n) is 9.01. The smallest absolute Gasteiger partial charge is 0.421 e. The van der Waals surface area contributed by atoms with Crippen molar-refractivity contribution in [1.29, 1.82) is 0 Å². The first-order chi connectivity index (χ1) is 7.27. The molecule has 0 radical (unpaired) electrons. The second-order valence-electron chi connectivity index (χ2n) is 3.38. The van der Waals surface area contributed by atoms with E-state index in [1.807, 2.05) is 6.92 Å². The summed E-state index contributed by atoms with van der Waals surface area (Å²) in [6.45, 7) is 4.78. The van der Waals surface area contributed by atoms with Crippen molar-refractivity contribution in [1.82, 2.24) is 0 Å². The highest BCUT2D eigenvalue weighted by Gasteiger charge is 2.53. The Morgan fingerprint density at radius 3 is 2.44 bits per heavy atom. The van der Waals surface area contributed by atoms with Crippen molar-refractivity contribution in [2.24, 2.45) is 0 Å². The molecule has 1 unspecified atom stereocenters. The van der Waals surface area contributed by atoms with Gasteiger partial charge >= 0.3 is 12.1 Å². The molecule has 0 aromatic carbocycles. The van der Waals surface area contributed by atoms with Gasteiger partial charge in [-0.3, -0.25) is 4.79 Å². The number of unbranched alkanes of at least 4 members (excludes halogenated alkanes) is 1. The zero-order valence-corrected chi connectivity index (χ0v) is 9.01. The molecule has 0 aliphatic carbocycles. The van der Waals surface area contributed by atoms with Gasteiger partial charge in [0, 0.05) is 0 Å². The van der Waals surface area contributed by atoms with Crippen molar-refractivity contribution >= 4 is 5.97 Å². The molecule has 0 saturated heterocycles. The summed E-state index contributed by atoms with van der Waals surface area (Å²) in [7, 11) is 0. The highest BCUT2D eigenvalue weighted by molar-refractivity contribution is 5.71. The third-order valence-electron chi connectivity index (χ3n) is 2.00. The van der Waals surface area contributed by atoms with Crippen molar-refractivity contribution in [2.75, 3.05) is 6.61 Å². The quantitative estimate of drug-likeness (QED) is 0.440. The largest absolute Gasteiger partial charge is 0.466 e. The monoisotopic (exact) mass is 240 g/mol. The molecule has 0 heterocycles. The number of ether oxygens (including phenoxy) is 1. The lowest BCUT2D eigenvalue weighted by Gasteiger charge is -2.25. The first kappa shape index (κ1) is 15.0. The van der Waals surface area contributed by atoms with Crippen LogP contribution in [0.25, 0.3) is 0 Å². The Morgan fingerprint density at radius 2 is 2.06 bits per heavy atom. The molecule has 3 nitrogen and oxygen atoms in total. The lowest BCUT2D eigenvalue weighted by atomic mass is 9.99. The number of hydrogen-bond donors (Lipinski definition) is 1. The summed E-state index contributed by atoms with van der Waals surface area (Å²) in [5.41, 5.74) is -3.21. The van der Waals surface area contributed by atoms with Gasteiger partial charge in [-0.25, -0.2) is 0 Å². The maximum atomic E-state index is 12.3. The van der Waals surface area contributed by atoms with Gasteiger partial charge in [-0.05, 0) is 6.42 Å². The Morgan fingerprint density at radius 1 is 1.50 bits per heavy atom. The SMILES string of the molecule is C=CC(O)(CC(=O)OCCCC)C(F)(F)F. The first-order valence-corrected chi connectivity index (χ1v) is 4.85. The second kappa shape index (κ2) is 5.89. The molecule has 0 aromatic rings. The summed E-state index contributed by atoms with van der Waals surface area (Å²) in [6.07, 6.45) is -4.46. The Hall–Kier alpha value is -1.04. The normalized spacial score (nSPS) is 15.3. The van der Waals surface area contributed by atoms with E-state index in [0.717, 1.165) is 6.42 Å². The van der Waals surface area contributed by atoms with E-state index in [9.17, 15) is 18.0 Å². The van der Waals surface area contributed by atoms with E-state index in [-0.39, 0.29) is 6.61 Å². The predicted molar refractivity (Wildman–Crippen MR) is 51.7 cm³/mol. The lowest BCUT2D eigenvalue weighted by molar-refractivity contribution is -0.243. The summed E-state index contributed by atoms with van der Waals surface area (Å²) < 4.78 is 41.5. The molecule has 6 heteroatoms. The summed E-state index contributed by atoms with van der Waals surface area (Å²) >= 11 is 0. The fourth-order valence-electron chi connectivity index (χ4n) is 0.890. The average molecular weight is 240 g/mol. The van der Waals surface area contributed by atoms with Gasteiger partial charge in [0.25, 0.3) is 0 Å². The van der Waals surface area contributed by atoms with E-state index in [1.165, 1.54) is 0 Å². The van der Waals surface area contributed by atoms with E-state index < -0.39 is 24.2 Å². The fraction of sp³-hybridized carbons (Fsp3) is 0.700. The Labute approximate surface area is 91.9 Å². The van der Waals surface area contributed by atoms with Crippen LogP contribution in [0.4, 0.5) is 13.2 Å². The van der Waals surface area contributed by atoms with Gasteiger partial charge in [-0.1, -0.05) is 26.0 Å². The second-order valence-corrected chi connectivity index (χ2v) is 3.38. The van der Waals surface area contributed by atoms with E-state index in [1.54, 1.807) is 0 Å². The van der Waals surface area contributed by atoms with Crippen LogP contribution in [0.1, 0.15) is 26.2 Å². The Kier molecular flexibility index (Phi) is 5.50. The van der Waals surface area contributed by atoms with Crippen LogP contribution in [-0.4, -0.2) is 29.5 Å². The Balaban J connectivity index is 4.33. The van der Waals surface area contributed by atoms with E-state index in [2.05, 4.69) is 11.3 Å². The van der Waals surface area contributed by atoms with Gasteiger partial charge in [0.2, 0.25) is 0 Å². The molecule has 0 bridgehead atoms. The minimum atomic E-state index is -4.93. The van der Waals surface area contributed by atoms with Crippen LogP contribution in [0.5, 0.6) is 0 Å². The van der Waals surface area contributed by atoms with Gasteiger partial charge in [-0.15, -0.1) is 0 Å². The molecule has 0 spiro atoms. The van der Waals surface area contributed by atoms with E-state index >= 15 is 0 Å². The third kappa shape index (κ3) is 4.22. The standard InChI is InChI=1S/C10H15F3O3/c1-3-5-6-16-8(14)7-9(15,4-2)10(11,12)13/h4,15H,2-3,5-7H2,1H3. The Bertz CT molecular complexity index is 250. The summed E-state index contributed by atoms with van der Waals surface area (Å²) in [4.78, 5) is 11.0. The number of rotatable bonds is 6. The van der Waals surface area contributed by atoms with Gasteiger partial charge < -0.3 is 9.84 Å². The van der Waals surface area contributed by atoms with Crippen LogP contribution in [0.3, 0.4) is 0 Å². The zero-order chi connectivity index (χ0) is 12.8. The molecule has 0 fully saturated rings. The number of carbonyl (C=O) groups excluding carboxylic acids is 1. The van der Waals surface area contributed by atoms with Crippen molar-refractivity contribution in [2.45, 2.75) is 38.0 Å². The molecule has 1 N–H and O–H groups in total. The topological polar surface area (TPSA) is 46.5 Å². The molecular formula is C10H15F3O3. The highest BCUT2D eigenvalue weighted by Crippen LogP contribution is 2.34. The minimum Gasteiger partial charge on any atom is -0.466 e. The van der Waals surface area contributed by atoms with Crippen LogP contribution in [0.2, 0.25) is 0 Å². The van der Waals surface area contributed by atoms with Crippen molar-refractivity contribution < 1.29 is 27.8 Å². The van der Waals surface area contributed by atoms with Gasteiger partial charge in [0.1, 0.15) is 0 Å². The molecule has 0 saturated carbocycles. The maximum Gasteiger partial charge on any atom is 0.421 e. The summed E-state index contributed by atoms with van der Waals surface area (Å²) in [5.74, 6) is -1.09. The predicted octanol–water partition coefficient (Wildman–Crippen LogP) is 2.20. The van der Waals surface area contributed by atoms with Crippen LogP contribution < -0.4 is 0 Å². The van der Waals surface area contributed by atoms with Crippen LogP contribution >= 0.6 is 0 Å². The molecule has 0 aliphatic heterocycles. The first-order valence-electron chi connectivity index (χ1n) is 4.85. The number of aliphatic hydroxyl groups is 1. The van der Waals surface area contributed by atoms with E-state index in [4.69, 9.17) is 5.11 Å². The number of carbonyl (C=O) groups is 1. The molecule has 0 amide bonds. The van der Waals surface area contributed by atoms with Crippen LogP contribution in [0.15, 0.2) is 12.7 Å². The highest BCUT2D eigenvalue weighted by atomic mass is 19.4. The van der Waals surface area contributed by atoms with Gasteiger partial charge in [-0.2, -0.15) is 13.2 Å². The molecule has 16 heavy (non-hydrogen) atoms. The van der Waals surface area contributed by atoms with Crippen molar-refractivity contribution in [3.05, 3.63) is 12.7 Å². The molecule has 0 aliphatic rings. The fourth-order valence-corrected chi connectivity index (χ4v) is 0.890. The molecule has 1 atom stereocenters. The third-order valence-corrected chi connectivity index (χ3v) is 2.00. The maximum absolute atomic E-state index is 12.3. The number of alkyl halides is 3. The number of hydrogen-bond acceptors (Lipinski definition) is 3. The van der Waals surface area contributed by atoms with Crippen LogP contribution in [-0.2, 0) is 9.53 Å². The van der Waals surface area contributed by atoms with Crippen LogP contribution in [0, 0.1) is 0 Å². The average Bonchev–Trinajstić information content (AvgIpc) is 2.16. The van der Waals surface area contributed by atoms with Crippen molar-refractivity contribution in [3.8, 4) is 0 Å². The molecule has 0 rings (SSSR count). The molecular weight excluding hydrogens is 225 g/mol. The van der Waals surface area contributed by atoms with E-state index in [0.29, 0.717) is 12.5 Å². The summed E-state index contributed by atoms with van der Waals surface area (Å²) in [6, 6.07) is 0. The number of esters is 1. The van der Waals surface area contributed by atoms with Crippen molar-refractivity contribution in [3.63, 3.8) is 0 Å².